The number of anilines is 1. The van der Waals surface area contributed by atoms with Gasteiger partial charge in [0.1, 0.15) is 0 Å². The quantitative estimate of drug-likeness (QED) is 0.845. The fraction of sp³-hybridized carbons (Fsp3) is 0.308. The number of amides is 2. The Morgan fingerprint density at radius 3 is 2.80 bits per heavy atom. The van der Waals surface area contributed by atoms with Crippen LogP contribution in [-0.2, 0) is 9.59 Å². The van der Waals surface area contributed by atoms with Gasteiger partial charge in [-0.15, -0.1) is 11.8 Å². The third-order valence-electron chi connectivity index (χ3n) is 3.38. The second-order valence-electron chi connectivity index (χ2n) is 4.79. The first-order valence-corrected chi connectivity index (χ1v) is 7.12. The number of likely N-dealkylation sites (tertiary alicyclic amines) is 1. The van der Waals surface area contributed by atoms with Gasteiger partial charge in [0.15, 0.2) is 0 Å². The number of carboxylic acid groups (broad SMARTS) is 1. The molecule has 0 unspecified atom stereocenters. The largest absolute Gasteiger partial charge is 0.481 e. The van der Waals surface area contributed by atoms with Crippen molar-refractivity contribution in [3.63, 3.8) is 0 Å². The van der Waals surface area contributed by atoms with E-state index in [-0.39, 0.29) is 24.9 Å². The second kappa shape index (κ2) is 4.82. The average molecular weight is 292 g/mol. The van der Waals surface area contributed by atoms with Crippen molar-refractivity contribution in [1.82, 2.24) is 4.90 Å². The van der Waals surface area contributed by atoms with Crippen LogP contribution in [0.15, 0.2) is 23.1 Å². The summed E-state index contributed by atoms with van der Waals surface area (Å²) in [5.41, 5.74) is 1.11. The minimum absolute atomic E-state index is 0.0815. The first kappa shape index (κ1) is 13.0. The molecular formula is C13H12N2O4S. The maximum Gasteiger partial charge on any atom is 0.310 e. The monoisotopic (exact) mass is 292 g/mol. The van der Waals surface area contributed by atoms with Crippen LogP contribution in [0, 0.1) is 5.92 Å². The highest BCUT2D eigenvalue weighted by molar-refractivity contribution is 8.00. The molecule has 2 amide bonds. The Balaban J connectivity index is 1.75. The van der Waals surface area contributed by atoms with Gasteiger partial charge in [-0.1, -0.05) is 0 Å². The number of carbonyl (C=O) groups excluding carboxylic acids is 2. The van der Waals surface area contributed by atoms with Crippen LogP contribution in [0.5, 0.6) is 0 Å². The molecule has 0 radical (unpaired) electrons. The van der Waals surface area contributed by atoms with E-state index in [0.717, 1.165) is 4.90 Å². The Labute approximate surface area is 119 Å². The standard InChI is InChI=1S/C13H12N2O4S/c16-11-6-20-10-2-1-7(3-9(10)14-11)12(17)15-4-8(5-15)13(18)19/h1-3,8H,4-6H2,(H,14,16)(H,18,19). The molecule has 0 bridgehead atoms. The predicted molar refractivity (Wildman–Crippen MR) is 72.8 cm³/mol. The van der Waals surface area contributed by atoms with Gasteiger partial charge in [-0.25, -0.2) is 0 Å². The number of rotatable bonds is 2. The summed E-state index contributed by atoms with van der Waals surface area (Å²) < 4.78 is 0. The van der Waals surface area contributed by atoms with Crippen LogP contribution in [0.1, 0.15) is 10.4 Å². The summed E-state index contributed by atoms with van der Waals surface area (Å²) in [6.07, 6.45) is 0. The molecule has 0 aliphatic carbocycles. The normalized spacial score (nSPS) is 18.0. The van der Waals surface area contributed by atoms with Crippen molar-refractivity contribution < 1.29 is 19.5 Å². The van der Waals surface area contributed by atoms with Gasteiger partial charge in [-0.05, 0) is 18.2 Å². The van der Waals surface area contributed by atoms with Crippen LogP contribution in [0.4, 0.5) is 5.69 Å². The number of benzene rings is 1. The van der Waals surface area contributed by atoms with Crippen LogP contribution in [0.2, 0.25) is 0 Å². The molecule has 1 saturated heterocycles. The van der Waals surface area contributed by atoms with E-state index in [2.05, 4.69) is 5.32 Å². The number of carboxylic acids is 1. The molecule has 0 saturated carbocycles. The van der Waals surface area contributed by atoms with Gasteiger partial charge in [0.25, 0.3) is 5.91 Å². The molecule has 2 aliphatic heterocycles. The second-order valence-corrected chi connectivity index (χ2v) is 5.81. The van der Waals surface area contributed by atoms with E-state index in [4.69, 9.17) is 5.11 Å². The smallest absolute Gasteiger partial charge is 0.310 e. The first-order chi connectivity index (χ1) is 9.54. The Kier molecular flexibility index (Phi) is 3.13. The number of aliphatic carboxylic acids is 1. The number of nitrogens with one attached hydrogen (secondary N) is 1. The van der Waals surface area contributed by atoms with Crippen molar-refractivity contribution in [1.29, 1.82) is 0 Å². The summed E-state index contributed by atoms with van der Waals surface area (Å²) in [6, 6.07) is 5.16. The van der Waals surface area contributed by atoms with Gasteiger partial charge in [0.05, 0.1) is 17.4 Å². The fourth-order valence-corrected chi connectivity index (χ4v) is 2.99. The van der Waals surface area contributed by atoms with E-state index in [0.29, 0.717) is 17.0 Å². The average Bonchev–Trinajstić information content (AvgIpc) is 2.35. The maximum absolute atomic E-state index is 12.2. The molecule has 7 heteroatoms. The molecule has 1 fully saturated rings. The van der Waals surface area contributed by atoms with Gasteiger partial charge in [0.2, 0.25) is 5.91 Å². The minimum Gasteiger partial charge on any atom is -0.481 e. The van der Waals surface area contributed by atoms with Gasteiger partial charge in [-0.2, -0.15) is 0 Å². The molecule has 104 valence electrons. The van der Waals surface area contributed by atoms with E-state index in [1.165, 1.54) is 16.7 Å². The van der Waals surface area contributed by atoms with Crippen LogP contribution in [0.25, 0.3) is 0 Å². The van der Waals surface area contributed by atoms with Gasteiger partial charge in [-0.3, -0.25) is 14.4 Å². The topological polar surface area (TPSA) is 86.7 Å². The van der Waals surface area contributed by atoms with Crippen LogP contribution in [-0.4, -0.2) is 46.6 Å². The lowest BCUT2D eigenvalue weighted by molar-refractivity contribution is -0.146. The number of carbonyl (C=O) groups is 3. The zero-order chi connectivity index (χ0) is 14.3. The Morgan fingerprint density at radius 2 is 2.10 bits per heavy atom. The summed E-state index contributed by atoms with van der Waals surface area (Å²) in [5, 5.41) is 11.5. The van der Waals surface area contributed by atoms with E-state index < -0.39 is 11.9 Å². The summed E-state index contributed by atoms with van der Waals surface area (Å²) in [7, 11) is 0. The SMILES string of the molecule is O=C1CSc2ccc(C(=O)N3CC(C(=O)O)C3)cc2N1. The van der Waals surface area contributed by atoms with E-state index in [1.807, 2.05) is 0 Å². The molecule has 1 aromatic rings. The summed E-state index contributed by atoms with van der Waals surface area (Å²) in [6.45, 7) is 0.485. The summed E-state index contributed by atoms with van der Waals surface area (Å²) in [5.74, 6) is -1.24. The zero-order valence-corrected chi connectivity index (χ0v) is 11.3. The summed E-state index contributed by atoms with van der Waals surface area (Å²) >= 11 is 1.44. The highest BCUT2D eigenvalue weighted by Gasteiger charge is 2.36. The molecule has 0 atom stereocenters. The van der Waals surface area contributed by atoms with Crippen LogP contribution in [0.3, 0.4) is 0 Å². The third-order valence-corrected chi connectivity index (χ3v) is 4.45. The lowest BCUT2D eigenvalue weighted by Gasteiger charge is -2.36. The third kappa shape index (κ3) is 2.24. The Hall–Kier alpha value is -2.02. The lowest BCUT2D eigenvalue weighted by atomic mass is 9.99. The predicted octanol–water partition coefficient (Wildman–Crippen LogP) is 0.887. The van der Waals surface area contributed by atoms with Crippen molar-refractivity contribution in [3.8, 4) is 0 Å². The number of thioether (sulfide) groups is 1. The Bertz CT molecular complexity index is 610. The van der Waals surface area contributed by atoms with Crippen LogP contribution >= 0.6 is 11.8 Å². The summed E-state index contributed by atoms with van der Waals surface area (Å²) in [4.78, 5) is 36.7. The van der Waals surface area contributed by atoms with Crippen molar-refractivity contribution >= 4 is 35.2 Å². The Morgan fingerprint density at radius 1 is 1.35 bits per heavy atom. The molecule has 2 aliphatic rings. The maximum atomic E-state index is 12.2. The first-order valence-electron chi connectivity index (χ1n) is 6.13. The highest BCUT2D eigenvalue weighted by atomic mass is 32.2. The molecule has 1 aromatic carbocycles. The fourth-order valence-electron chi connectivity index (χ4n) is 2.20. The van der Waals surface area contributed by atoms with Crippen LogP contribution < -0.4 is 5.32 Å². The lowest BCUT2D eigenvalue weighted by Crippen LogP contribution is -2.53. The molecular weight excluding hydrogens is 280 g/mol. The van der Waals surface area contributed by atoms with Crippen molar-refractivity contribution in [2.75, 3.05) is 24.2 Å². The molecule has 3 rings (SSSR count). The molecule has 2 heterocycles. The number of hydrogen-bond donors (Lipinski definition) is 2. The van der Waals surface area contributed by atoms with E-state index in [9.17, 15) is 14.4 Å². The number of fused-ring (bicyclic) bond motifs is 1. The minimum atomic E-state index is -0.872. The van der Waals surface area contributed by atoms with E-state index in [1.54, 1.807) is 18.2 Å². The molecule has 6 nitrogen and oxygen atoms in total. The zero-order valence-electron chi connectivity index (χ0n) is 10.5. The van der Waals surface area contributed by atoms with Crippen molar-refractivity contribution in [3.05, 3.63) is 23.8 Å². The number of hydrogen-bond acceptors (Lipinski definition) is 4. The van der Waals surface area contributed by atoms with Gasteiger partial charge in [0, 0.05) is 23.5 Å². The highest BCUT2D eigenvalue weighted by Crippen LogP contribution is 2.32. The molecule has 20 heavy (non-hydrogen) atoms. The molecule has 0 spiro atoms. The van der Waals surface area contributed by atoms with Crippen molar-refractivity contribution in [2.45, 2.75) is 4.90 Å². The van der Waals surface area contributed by atoms with Crippen molar-refractivity contribution in [2.24, 2.45) is 5.92 Å². The number of nitrogens with zero attached hydrogens (tertiary/aromatic N) is 1. The van der Waals surface area contributed by atoms with Gasteiger partial charge < -0.3 is 15.3 Å². The molecule has 2 N–H and O–H groups in total. The van der Waals surface area contributed by atoms with Gasteiger partial charge >= 0.3 is 5.97 Å². The molecule has 0 aromatic heterocycles. The van der Waals surface area contributed by atoms with E-state index >= 15 is 0 Å².